The third-order valence-corrected chi connectivity index (χ3v) is 5.22. The zero-order valence-electron chi connectivity index (χ0n) is 15.5. The minimum Gasteiger partial charge on any atom is -0.378 e. The molecule has 4 aromatic rings. The highest BCUT2D eigenvalue weighted by atomic mass is 16.5. The van der Waals surface area contributed by atoms with Gasteiger partial charge in [0.05, 0.1) is 37.0 Å². The summed E-state index contributed by atoms with van der Waals surface area (Å²) in [6.07, 6.45) is 6.44. The minimum atomic E-state index is -0.0589. The van der Waals surface area contributed by atoms with Crippen LogP contribution in [0.25, 0.3) is 16.4 Å². The largest absolute Gasteiger partial charge is 0.378 e. The molecule has 0 unspecified atom stereocenters. The first kappa shape index (κ1) is 16.9. The van der Waals surface area contributed by atoms with Crippen molar-refractivity contribution in [1.82, 2.24) is 19.2 Å². The van der Waals surface area contributed by atoms with Gasteiger partial charge in [-0.25, -0.2) is 9.67 Å². The average Bonchev–Trinajstić information content (AvgIpc) is 3.17. The molecular formula is C21H21N5O2. The molecule has 142 valence electrons. The first-order chi connectivity index (χ1) is 13.8. The van der Waals surface area contributed by atoms with Crippen LogP contribution in [0.3, 0.4) is 0 Å². The van der Waals surface area contributed by atoms with Crippen LogP contribution in [0.2, 0.25) is 0 Å². The summed E-state index contributed by atoms with van der Waals surface area (Å²) in [5.74, 6) is 0. The summed E-state index contributed by atoms with van der Waals surface area (Å²) < 4.78 is 8.96. The number of hydrogen-bond donors (Lipinski definition) is 0. The first-order valence-corrected chi connectivity index (χ1v) is 9.54. The van der Waals surface area contributed by atoms with Crippen molar-refractivity contribution in [3.05, 3.63) is 71.0 Å². The zero-order chi connectivity index (χ0) is 18.9. The third kappa shape index (κ3) is 3.03. The second-order valence-corrected chi connectivity index (χ2v) is 6.96. The fraction of sp³-hybridized carbons (Fsp3) is 0.286. The number of aromatic nitrogens is 4. The molecule has 4 heterocycles. The van der Waals surface area contributed by atoms with E-state index in [1.54, 1.807) is 0 Å². The Morgan fingerprint density at radius 3 is 2.79 bits per heavy atom. The number of fused-ring (bicyclic) bond motifs is 2. The van der Waals surface area contributed by atoms with Gasteiger partial charge in [-0.3, -0.25) is 4.79 Å². The summed E-state index contributed by atoms with van der Waals surface area (Å²) in [4.78, 5) is 19.8. The number of aryl methyl sites for hydroxylation is 2. The molecule has 5 rings (SSSR count). The van der Waals surface area contributed by atoms with E-state index in [1.807, 2.05) is 53.3 Å². The van der Waals surface area contributed by atoms with Crippen molar-refractivity contribution in [3.63, 3.8) is 0 Å². The summed E-state index contributed by atoms with van der Waals surface area (Å²) in [5.41, 5.74) is 2.85. The number of rotatable bonds is 4. The van der Waals surface area contributed by atoms with Crippen molar-refractivity contribution in [2.75, 3.05) is 31.2 Å². The van der Waals surface area contributed by atoms with Gasteiger partial charge in [0.25, 0.3) is 5.56 Å². The number of imidazole rings is 1. The Kier molecular flexibility index (Phi) is 4.29. The van der Waals surface area contributed by atoms with E-state index in [1.165, 1.54) is 4.68 Å². The lowest BCUT2D eigenvalue weighted by Crippen LogP contribution is -2.36. The molecular weight excluding hydrogens is 354 g/mol. The number of benzene rings is 1. The molecule has 1 fully saturated rings. The van der Waals surface area contributed by atoms with Gasteiger partial charge in [-0.2, -0.15) is 5.10 Å². The maximum atomic E-state index is 13.0. The fourth-order valence-corrected chi connectivity index (χ4v) is 3.76. The molecule has 0 aliphatic carbocycles. The SMILES string of the molecule is O=c1c2cccc(N3CCOCC3)c2cnn1CCc1cn2ccccc2n1. The molecule has 0 N–H and O–H groups in total. The molecule has 0 bridgehead atoms. The minimum absolute atomic E-state index is 0.0589. The first-order valence-electron chi connectivity index (χ1n) is 9.54. The van der Waals surface area contributed by atoms with Crippen LogP contribution in [0.4, 0.5) is 5.69 Å². The van der Waals surface area contributed by atoms with E-state index in [-0.39, 0.29) is 5.56 Å². The van der Waals surface area contributed by atoms with E-state index >= 15 is 0 Å². The molecule has 0 amide bonds. The summed E-state index contributed by atoms with van der Waals surface area (Å²) in [5, 5.41) is 6.05. The molecule has 0 radical (unpaired) electrons. The lowest BCUT2D eigenvalue weighted by atomic mass is 10.1. The smallest absolute Gasteiger partial charge is 0.274 e. The lowest BCUT2D eigenvalue weighted by Gasteiger charge is -2.29. The maximum absolute atomic E-state index is 13.0. The molecule has 1 aliphatic heterocycles. The number of anilines is 1. The molecule has 7 nitrogen and oxygen atoms in total. The van der Waals surface area contributed by atoms with Crippen molar-refractivity contribution in [2.24, 2.45) is 0 Å². The van der Waals surface area contributed by atoms with Crippen LogP contribution in [0.15, 0.2) is 59.8 Å². The number of nitrogens with zero attached hydrogens (tertiary/aromatic N) is 5. The number of ether oxygens (including phenoxy) is 1. The van der Waals surface area contributed by atoms with Gasteiger partial charge in [-0.15, -0.1) is 0 Å². The van der Waals surface area contributed by atoms with E-state index < -0.39 is 0 Å². The van der Waals surface area contributed by atoms with Crippen LogP contribution in [-0.4, -0.2) is 45.5 Å². The van der Waals surface area contributed by atoms with Crippen LogP contribution in [0.5, 0.6) is 0 Å². The van der Waals surface area contributed by atoms with Crippen LogP contribution < -0.4 is 10.5 Å². The van der Waals surface area contributed by atoms with Crippen LogP contribution in [0.1, 0.15) is 5.69 Å². The molecule has 0 spiro atoms. The quantitative estimate of drug-likeness (QED) is 0.547. The Bertz CT molecular complexity index is 1160. The third-order valence-electron chi connectivity index (χ3n) is 5.22. The van der Waals surface area contributed by atoms with E-state index in [2.05, 4.69) is 21.0 Å². The Morgan fingerprint density at radius 1 is 1.04 bits per heavy atom. The molecule has 0 saturated carbocycles. The van der Waals surface area contributed by atoms with Gasteiger partial charge < -0.3 is 14.0 Å². The summed E-state index contributed by atoms with van der Waals surface area (Å²) >= 11 is 0. The molecule has 1 aliphatic rings. The van der Waals surface area contributed by atoms with Gasteiger partial charge >= 0.3 is 0 Å². The van der Waals surface area contributed by atoms with E-state index in [0.717, 1.165) is 35.5 Å². The Labute approximate surface area is 161 Å². The maximum Gasteiger partial charge on any atom is 0.274 e. The lowest BCUT2D eigenvalue weighted by molar-refractivity contribution is 0.123. The normalized spacial score (nSPS) is 14.8. The topological polar surface area (TPSA) is 64.7 Å². The number of morpholine rings is 1. The van der Waals surface area contributed by atoms with Crippen molar-refractivity contribution < 1.29 is 4.74 Å². The van der Waals surface area contributed by atoms with Crippen molar-refractivity contribution in [1.29, 1.82) is 0 Å². The van der Waals surface area contributed by atoms with E-state index in [9.17, 15) is 4.79 Å². The average molecular weight is 375 g/mol. The van der Waals surface area contributed by atoms with Crippen LogP contribution in [0, 0.1) is 0 Å². The molecule has 0 atom stereocenters. The second kappa shape index (κ2) is 7.09. The van der Waals surface area contributed by atoms with Gasteiger partial charge in [0.2, 0.25) is 0 Å². The van der Waals surface area contributed by atoms with Crippen molar-refractivity contribution in [3.8, 4) is 0 Å². The fourth-order valence-electron chi connectivity index (χ4n) is 3.76. The summed E-state index contributed by atoms with van der Waals surface area (Å²) in [6.45, 7) is 3.58. The second-order valence-electron chi connectivity index (χ2n) is 6.96. The number of hydrogen-bond acceptors (Lipinski definition) is 5. The molecule has 1 aromatic carbocycles. The van der Waals surface area contributed by atoms with Gasteiger partial charge in [-0.1, -0.05) is 12.1 Å². The highest BCUT2D eigenvalue weighted by Crippen LogP contribution is 2.25. The Morgan fingerprint density at radius 2 is 1.93 bits per heavy atom. The summed E-state index contributed by atoms with van der Waals surface area (Å²) in [6, 6.07) is 11.8. The van der Waals surface area contributed by atoms with Crippen molar-refractivity contribution >= 4 is 22.1 Å². The van der Waals surface area contributed by atoms with Gasteiger partial charge in [-0.05, 0) is 24.3 Å². The van der Waals surface area contributed by atoms with E-state index in [0.29, 0.717) is 31.6 Å². The molecule has 28 heavy (non-hydrogen) atoms. The summed E-state index contributed by atoms with van der Waals surface area (Å²) in [7, 11) is 0. The predicted octanol–water partition coefficient (Wildman–Crippen LogP) is 2.12. The zero-order valence-corrected chi connectivity index (χ0v) is 15.5. The molecule has 1 saturated heterocycles. The Balaban J connectivity index is 1.44. The standard InChI is InChI=1S/C21H21N5O2/c27-21-17-4-3-5-19(24-10-12-28-13-11-24)18(17)14-22-26(21)9-7-16-15-25-8-2-1-6-20(25)23-16/h1-6,8,14-15H,7,9-13H2. The number of pyridine rings is 1. The van der Waals surface area contributed by atoms with E-state index in [4.69, 9.17) is 4.74 Å². The van der Waals surface area contributed by atoms with Gasteiger partial charge in [0, 0.05) is 43.0 Å². The Hall–Kier alpha value is -3.19. The highest BCUT2D eigenvalue weighted by Gasteiger charge is 2.16. The molecule has 7 heteroatoms. The van der Waals surface area contributed by atoms with Crippen LogP contribution in [-0.2, 0) is 17.7 Å². The van der Waals surface area contributed by atoms with Crippen LogP contribution >= 0.6 is 0 Å². The monoisotopic (exact) mass is 375 g/mol. The molecule has 3 aromatic heterocycles. The highest BCUT2D eigenvalue weighted by molar-refractivity contribution is 5.93. The van der Waals surface area contributed by atoms with Crippen molar-refractivity contribution in [2.45, 2.75) is 13.0 Å². The predicted molar refractivity (Wildman–Crippen MR) is 108 cm³/mol. The van der Waals surface area contributed by atoms with Gasteiger partial charge in [0.15, 0.2) is 0 Å². The van der Waals surface area contributed by atoms with Gasteiger partial charge in [0.1, 0.15) is 5.65 Å².